The Morgan fingerprint density at radius 3 is 2.45 bits per heavy atom. The van der Waals surface area contributed by atoms with Gasteiger partial charge < -0.3 is 15.5 Å². The third kappa shape index (κ3) is 5.66. The fourth-order valence-corrected chi connectivity index (χ4v) is 4.44. The summed E-state index contributed by atoms with van der Waals surface area (Å²) in [5, 5.41) is 6.49. The Morgan fingerprint density at radius 1 is 0.947 bits per heavy atom. The Bertz CT molecular complexity index is 1500. The van der Waals surface area contributed by atoms with Crippen LogP contribution in [0.4, 0.5) is 11.4 Å². The summed E-state index contributed by atoms with van der Waals surface area (Å²) in [4.78, 5) is 49.4. The summed E-state index contributed by atoms with van der Waals surface area (Å²) in [6, 6.07) is 19.6. The number of carbonyl (C=O) groups excluding carboxylic acids is 3. The van der Waals surface area contributed by atoms with Gasteiger partial charge in [0.2, 0.25) is 5.91 Å². The largest absolute Gasteiger partial charge is 0.323 e. The van der Waals surface area contributed by atoms with Gasteiger partial charge in [0.05, 0.1) is 16.3 Å². The number of amides is 3. The minimum Gasteiger partial charge on any atom is -0.323 e. The van der Waals surface area contributed by atoms with E-state index in [1.807, 2.05) is 12.1 Å². The van der Waals surface area contributed by atoms with Crippen LogP contribution in [0.1, 0.15) is 32.1 Å². The highest BCUT2D eigenvalue weighted by Crippen LogP contribution is 2.29. The SMILES string of the molecule is O=C(Nc1ccc(CN2C(=O)c3ccc(Cl)cc3NC(=O)C2Cc2ccccn2)cc1)c1ccc(Cl)cn1. The molecule has 1 aliphatic rings. The first-order valence-corrected chi connectivity index (χ1v) is 12.5. The van der Waals surface area contributed by atoms with Gasteiger partial charge >= 0.3 is 0 Å². The van der Waals surface area contributed by atoms with Crippen LogP contribution in [0.2, 0.25) is 10.0 Å². The summed E-state index contributed by atoms with van der Waals surface area (Å²) >= 11 is 12.0. The molecule has 1 aliphatic heterocycles. The lowest BCUT2D eigenvalue weighted by Crippen LogP contribution is -2.46. The Morgan fingerprint density at radius 2 is 1.74 bits per heavy atom. The van der Waals surface area contributed by atoms with Crippen molar-refractivity contribution in [2.45, 2.75) is 19.0 Å². The number of halogens is 2. The Labute approximate surface area is 228 Å². The summed E-state index contributed by atoms with van der Waals surface area (Å²) in [7, 11) is 0. The van der Waals surface area contributed by atoms with E-state index in [-0.39, 0.29) is 36.4 Å². The number of rotatable bonds is 6. The van der Waals surface area contributed by atoms with Crippen LogP contribution < -0.4 is 10.6 Å². The molecule has 10 heteroatoms. The van der Waals surface area contributed by atoms with Gasteiger partial charge in [0.1, 0.15) is 11.7 Å². The Balaban J connectivity index is 1.40. The number of fused-ring (bicyclic) bond motifs is 1. The summed E-state index contributed by atoms with van der Waals surface area (Å²) in [6.07, 6.45) is 3.29. The monoisotopic (exact) mass is 545 g/mol. The maximum absolute atomic E-state index is 13.7. The molecule has 3 amide bonds. The second-order valence-corrected chi connectivity index (χ2v) is 9.54. The van der Waals surface area contributed by atoms with E-state index in [1.165, 1.54) is 17.2 Å². The van der Waals surface area contributed by atoms with Gasteiger partial charge in [0.25, 0.3) is 11.8 Å². The average molecular weight is 546 g/mol. The third-order valence-corrected chi connectivity index (χ3v) is 6.52. The van der Waals surface area contributed by atoms with Crippen molar-refractivity contribution < 1.29 is 14.4 Å². The molecule has 2 N–H and O–H groups in total. The average Bonchev–Trinajstić information content (AvgIpc) is 3.00. The summed E-state index contributed by atoms with van der Waals surface area (Å²) < 4.78 is 0. The molecule has 0 saturated carbocycles. The van der Waals surface area contributed by atoms with Crippen LogP contribution in [0.3, 0.4) is 0 Å². The fourth-order valence-electron chi connectivity index (χ4n) is 4.16. The van der Waals surface area contributed by atoms with Crippen molar-refractivity contribution in [3.63, 3.8) is 0 Å². The molecule has 0 bridgehead atoms. The molecule has 0 aliphatic carbocycles. The highest BCUT2D eigenvalue weighted by atomic mass is 35.5. The van der Waals surface area contributed by atoms with E-state index in [2.05, 4.69) is 20.6 Å². The van der Waals surface area contributed by atoms with Crippen molar-refractivity contribution in [3.8, 4) is 0 Å². The number of carbonyl (C=O) groups is 3. The first-order chi connectivity index (χ1) is 18.4. The Kier molecular flexibility index (Phi) is 7.35. The van der Waals surface area contributed by atoms with E-state index in [0.717, 1.165) is 5.56 Å². The van der Waals surface area contributed by atoms with Gasteiger partial charge in [0.15, 0.2) is 0 Å². The van der Waals surface area contributed by atoms with Gasteiger partial charge in [-0.3, -0.25) is 19.4 Å². The molecule has 0 spiro atoms. The highest BCUT2D eigenvalue weighted by Gasteiger charge is 2.35. The fraction of sp³-hybridized carbons (Fsp3) is 0.107. The van der Waals surface area contributed by atoms with Gasteiger partial charge in [-0.1, -0.05) is 41.4 Å². The lowest BCUT2D eigenvalue weighted by Gasteiger charge is -2.28. The van der Waals surface area contributed by atoms with Gasteiger partial charge in [-0.2, -0.15) is 0 Å². The van der Waals surface area contributed by atoms with Crippen molar-refractivity contribution in [1.82, 2.24) is 14.9 Å². The molecule has 1 atom stereocenters. The third-order valence-electron chi connectivity index (χ3n) is 6.06. The molecule has 3 heterocycles. The van der Waals surface area contributed by atoms with E-state index in [9.17, 15) is 14.4 Å². The van der Waals surface area contributed by atoms with Crippen LogP contribution in [0.15, 0.2) is 85.2 Å². The molecular formula is C28H21Cl2N5O3. The van der Waals surface area contributed by atoms with Crippen LogP contribution in [-0.2, 0) is 17.8 Å². The molecule has 1 unspecified atom stereocenters. The molecule has 4 aromatic rings. The number of aromatic nitrogens is 2. The molecule has 2 aromatic carbocycles. The van der Waals surface area contributed by atoms with E-state index < -0.39 is 6.04 Å². The first kappa shape index (κ1) is 25.4. The number of nitrogens with zero attached hydrogens (tertiary/aromatic N) is 3. The zero-order chi connectivity index (χ0) is 26.6. The minimum absolute atomic E-state index is 0.165. The smallest absolute Gasteiger partial charge is 0.274 e. The van der Waals surface area contributed by atoms with Gasteiger partial charge in [-0.05, 0) is 60.2 Å². The molecular weight excluding hydrogens is 525 g/mol. The molecule has 0 radical (unpaired) electrons. The summed E-state index contributed by atoms with van der Waals surface area (Å²) in [6.45, 7) is 0.165. The van der Waals surface area contributed by atoms with Crippen molar-refractivity contribution >= 4 is 52.3 Å². The standard InChI is InChI=1S/C28H21Cl2N5O3/c29-18-6-10-22-24(13-18)34-27(37)25(14-21-3-1-2-12-31-21)35(28(22)38)16-17-4-8-20(9-5-17)33-26(36)23-11-7-19(30)15-32-23/h1-13,15,25H,14,16H2,(H,33,36)(H,34,37). The second-order valence-electron chi connectivity index (χ2n) is 8.67. The van der Waals surface area contributed by atoms with Crippen LogP contribution in [-0.4, -0.2) is 38.6 Å². The maximum atomic E-state index is 13.7. The lowest BCUT2D eigenvalue weighted by atomic mass is 10.1. The van der Waals surface area contributed by atoms with Crippen molar-refractivity contribution in [2.75, 3.05) is 10.6 Å². The first-order valence-electron chi connectivity index (χ1n) is 11.7. The predicted octanol–water partition coefficient (Wildman–Crippen LogP) is 5.24. The molecule has 2 aromatic heterocycles. The topological polar surface area (TPSA) is 104 Å². The molecule has 0 saturated heterocycles. The van der Waals surface area contributed by atoms with E-state index in [0.29, 0.717) is 32.7 Å². The zero-order valence-electron chi connectivity index (χ0n) is 19.9. The van der Waals surface area contributed by atoms with E-state index in [1.54, 1.807) is 60.8 Å². The minimum atomic E-state index is -0.807. The Hall–Kier alpha value is -4.27. The van der Waals surface area contributed by atoms with Crippen molar-refractivity contribution in [1.29, 1.82) is 0 Å². The molecule has 38 heavy (non-hydrogen) atoms. The van der Waals surface area contributed by atoms with E-state index in [4.69, 9.17) is 23.2 Å². The van der Waals surface area contributed by atoms with Crippen LogP contribution in [0.25, 0.3) is 0 Å². The zero-order valence-corrected chi connectivity index (χ0v) is 21.4. The summed E-state index contributed by atoms with van der Waals surface area (Å²) in [5.41, 5.74) is 2.97. The number of hydrogen-bond acceptors (Lipinski definition) is 5. The number of anilines is 2. The normalized spacial score (nSPS) is 14.9. The number of hydrogen-bond donors (Lipinski definition) is 2. The van der Waals surface area contributed by atoms with Crippen molar-refractivity contribution in [2.24, 2.45) is 0 Å². The quantitative estimate of drug-likeness (QED) is 0.344. The number of pyridine rings is 2. The molecule has 190 valence electrons. The highest BCUT2D eigenvalue weighted by molar-refractivity contribution is 6.31. The van der Waals surface area contributed by atoms with Crippen molar-refractivity contribution in [3.05, 3.63) is 118 Å². The number of benzene rings is 2. The van der Waals surface area contributed by atoms with Gasteiger partial charge in [0, 0.05) is 41.8 Å². The van der Waals surface area contributed by atoms with Crippen LogP contribution in [0.5, 0.6) is 0 Å². The van der Waals surface area contributed by atoms with Crippen LogP contribution >= 0.6 is 23.2 Å². The maximum Gasteiger partial charge on any atom is 0.274 e. The van der Waals surface area contributed by atoms with Gasteiger partial charge in [-0.15, -0.1) is 0 Å². The second kappa shape index (κ2) is 11.0. The van der Waals surface area contributed by atoms with Gasteiger partial charge in [-0.25, -0.2) is 4.98 Å². The number of nitrogens with one attached hydrogen (secondary N) is 2. The lowest BCUT2D eigenvalue weighted by molar-refractivity contribution is -0.120. The summed E-state index contributed by atoms with van der Waals surface area (Å²) in [5.74, 6) is -1.01. The molecule has 8 nitrogen and oxygen atoms in total. The molecule has 0 fully saturated rings. The predicted molar refractivity (Wildman–Crippen MR) is 145 cm³/mol. The van der Waals surface area contributed by atoms with Crippen LogP contribution in [0, 0.1) is 0 Å². The molecule has 5 rings (SSSR count). The van der Waals surface area contributed by atoms with E-state index >= 15 is 0 Å².